The average Bonchev–Trinajstić information content (AvgIpc) is 2.72. The summed E-state index contributed by atoms with van der Waals surface area (Å²) in [6, 6.07) is 2.86. The molecule has 1 heterocycles. The summed E-state index contributed by atoms with van der Waals surface area (Å²) in [5.74, 6) is 1.76. The average molecular weight is 251 g/mol. The van der Waals surface area contributed by atoms with Gasteiger partial charge < -0.3 is 5.32 Å². The molecular formula is C15H25NS. The number of thiophene rings is 1. The molecule has 1 fully saturated rings. The first kappa shape index (κ1) is 13.1. The zero-order valence-corrected chi connectivity index (χ0v) is 12.1. The third kappa shape index (κ3) is 3.11. The van der Waals surface area contributed by atoms with E-state index in [9.17, 15) is 0 Å². The van der Waals surface area contributed by atoms with Gasteiger partial charge in [0.1, 0.15) is 0 Å². The van der Waals surface area contributed by atoms with Gasteiger partial charge in [-0.1, -0.05) is 26.7 Å². The first-order valence-electron chi connectivity index (χ1n) is 6.99. The number of hydrogen-bond acceptors (Lipinski definition) is 2. The fraction of sp³-hybridized carbons (Fsp3) is 0.733. The fourth-order valence-electron chi connectivity index (χ4n) is 3.18. The van der Waals surface area contributed by atoms with Crippen LogP contribution in [0.1, 0.15) is 56.0 Å². The molecule has 2 rings (SSSR count). The van der Waals surface area contributed by atoms with Crippen molar-refractivity contribution < 1.29 is 0 Å². The van der Waals surface area contributed by atoms with Crippen molar-refractivity contribution >= 4 is 11.3 Å². The van der Waals surface area contributed by atoms with Gasteiger partial charge in [-0.2, -0.15) is 0 Å². The molecule has 1 saturated carbocycles. The van der Waals surface area contributed by atoms with E-state index >= 15 is 0 Å². The zero-order chi connectivity index (χ0) is 12.3. The lowest BCUT2D eigenvalue weighted by Crippen LogP contribution is -2.31. The van der Waals surface area contributed by atoms with E-state index in [1.807, 2.05) is 11.3 Å². The van der Waals surface area contributed by atoms with E-state index < -0.39 is 0 Å². The van der Waals surface area contributed by atoms with Gasteiger partial charge in [0.25, 0.3) is 0 Å². The molecule has 0 aliphatic heterocycles. The molecule has 0 bridgehead atoms. The maximum Gasteiger partial charge on any atom is 0.0446 e. The molecule has 1 aliphatic carbocycles. The van der Waals surface area contributed by atoms with Crippen LogP contribution in [-0.4, -0.2) is 6.54 Å². The van der Waals surface area contributed by atoms with Gasteiger partial charge in [-0.3, -0.25) is 0 Å². The Hall–Kier alpha value is -0.340. The highest BCUT2D eigenvalue weighted by Crippen LogP contribution is 2.39. The van der Waals surface area contributed by atoms with E-state index in [2.05, 4.69) is 37.5 Å². The van der Waals surface area contributed by atoms with Crippen LogP contribution in [0.4, 0.5) is 0 Å². The van der Waals surface area contributed by atoms with E-state index in [0.29, 0.717) is 6.04 Å². The van der Waals surface area contributed by atoms with E-state index in [0.717, 1.165) is 18.4 Å². The van der Waals surface area contributed by atoms with Crippen LogP contribution in [-0.2, 0) is 0 Å². The minimum absolute atomic E-state index is 0.600. The fourth-order valence-corrected chi connectivity index (χ4v) is 4.28. The molecule has 1 aliphatic rings. The lowest BCUT2D eigenvalue weighted by Gasteiger charge is -2.33. The summed E-state index contributed by atoms with van der Waals surface area (Å²) >= 11 is 1.93. The molecule has 0 radical (unpaired) electrons. The third-order valence-electron chi connectivity index (χ3n) is 4.06. The van der Waals surface area contributed by atoms with Crippen LogP contribution in [0.2, 0.25) is 0 Å². The van der Waals surface area contributed by atoms with Crippen molar-refractivity contribution in [2.45, 2.75) is 52.5 Å². The molecule has 0 amide bonds. The molecule has 96 valence electrons. The highest BCUT2D eigenvalue weighted by atomic mass is 32.1. The van der Waals surface area contributed by atoms with E-state index in [1.54, 1.807) is 4.88 Å². The van der Waals surface area contributed by atoms with Crippen molar-refractivity contribution in [3.8, 4) is 0 Å². The summed E-state index contributed by atoms with van der Waals surface area (Å²) in [5.41, 5.74) is 1.47. The second-order valence-corrected chi connectivity index (χ2v) is 6.48. The third-order valence-corrected chi connectivity index (χ3v) is 5.16. The number of hydrogen-bond donors (Lipinski definition) is 1. The van der Waals surface area contributed by atoms with Crippen LogP contribution in [0.25, 0.3) is 0 Å². The molecule has 1 aromatic heterocycles. The highest BCUT2D eigenvalue weighted by Gasteiger charge is 2.28. The van der Waals surface area contributed by atoms with Crippen LogP contribution < -0.4 is 5.32 Å². The Morgan fingerprint density at radius 2 is 2.29 bits per heavy atom. The smallest absolute Gasteiger partial charge is 0.0446 e. The molecule has 0 saturated heterocycles. The van der Waals surface area contributed by atoms with Crippen LogP contribution >= 0.6 is 11.3 Å². The van der Waals surface area contributed by atoms with Gasteiger partial charge in [0, 0.05) is 10.9 Å². The van der Waals surface area contributed by atoms with Gasteiger partial charge in [0.15, 0.2) is 0 Å². The second-order valence-electron chi connectivity index (χ2n) is 5.54. The lowest BCUT2D eigenvalue weighted by atomic mass is 9.78. The standard InChI is InChI=1S/C15H25NS/c1-4-16-14(15-12(3)8-9-17-15)13-7-5-6-11(2)10-13/h8-9,11,13-14,16H,4-7,10H2,1-3H3. The van der Waals surface area contributed by atoms with Gasteiger partial charge in [0.2, 0.25) is 0 Å². The summed E-state index contributed by atoms with van der Waals surface area (Å²) in [6.07, 6.45) is 5.64. The minimum Gasteiger partial charge on any atom is -0.309 e. The van der Waals surface area contributed by atoms with E-state index in [-0.39, 0.29) is 0 Å². The van der Waals surface area contributed by atoms with Gasteiger partial charge in [0.05, 0.1) is 0 Å². The van der Waals surface area contributed by atoms with Gasteiger partial charge >= 0.3 is 0 Å². The Balaban J connectivity index is 2.14. The zero-order valence-electron chi connectivity index (χ0n) is 11.3. The second kappa shape index (κ2) is 6.01. The largest absolute Gasteiger partial charge is 0.309 e. The molecule has 17 heavy (non-hydrogen) atoms. The molecule has 3 unspecified atom stereocenters. The monoisotopic (exact) mass is 251 g/mol. The maximum absolute atomic E-state index is 3.73. The van der Waals surface area contributed by atoms with Crippen molar-refractivity contribution in [2.75, 3.05) is 6.54 Å². The van der Waals surface area contributed by atoms with Crippen molar-refractivity contribution in [1.29, 1.82) is 0 Å². The normalized spacial score (nSPS) is 27.0. The van der Waals surface area contributed by atoms with Crippen LogP contribution in [0.15, 0.2) is 11.4 Å². The predicted molar refractivity (Wildman–Crippen MR) is 76.6 cm³/mol. The van der Waals surface area contributed by atoms with Crippen molar-refractivity contribution in [3.05, 3.63) is 21.9 Å². The Labute approximate surface area is 110 Å². The van der Waals surface area contributed by atoms with E-state index in [4.69, 9.17) is 0 Å². The molecule has 0 aromatic carbocycles. The summed E-state index contributed by atoms with van der Waals surface area (Å²) in [5, 5.41) is 5.96. The molecule has 1 N–H and O–H groups in total. The predicted octanol–water partition coefficient (Wildman–Crippen LogP) is 4.53. The first-order chi connectivity index (χ1) is 8.22. The number of rotatable bonds is 4. The SMILES string of the molecule is CCNC(c1sccc1C)C1CCCC(C)C1. The van der Waals surface area contributed by atoms with E-state index in [1.165, 1.54) is 31.2 Å². The Bertz CT molecular complexity index is 344. The van der Waals surface area contributed by atoms with Crippen molar-refractivity contribution in [2.24, 2.45) is 11.8 Å². The van der Waals surface area contributed by atoms with Gasteiger partial charge in [-0.25, -0.2) is 0 Å². The minimum atomic E-state index is 0.600. The molecule has 1 aromatic rings. The summed E-state index contributed by atoms with van der Waals surface area (Å²) in [7, 11) is 0. The van der Waals surface area contributed by atoms with Crippen molar-refractivity contribution in [3.63, 3.8) is 0 Å². The summed E-state index contributed by atoms with van der Waals surface area (Å²) in [6.45, 7) is 7.97. The van der Waals surface area contributed by atoms with Crippen LogP contribution in [0.5, 0.6) is 0 Å². The molecule has 3 atom stereocenters. The lowest BCUT2D eigenvalue weighted by molar-refractivity contribution is 0.227. The molecule has 1 nitrogen and oxygen atoms in total. The highest BCUT2D eigenvalue weighted by molar-refractivity contribution is 7.10. The first-order valence-corrected chi connectivity index (χ1v) is 7.87. The van der Waals surface area contributed by atoms with Crippen LogP contribution in [0.3, 0.4) is 0 Å². The topological polar surface area (TPSA) is 12.0 Å². The number of nitrogens with one attached hydrogen (secondary N) is 1. The quantitative estimate of drug-likeness (QED) is 0.829. The maximum atomic E-state index is 3.73. The molecular weight excluding hydrogens is 226 g/mol. The number of aryl methyl sites for hydroxylation is 1. The summed E-state index contributed by atoms with van der Waals surface area (Å²) < 4.78 is 0. The summed E-state index contributed by atoms with van der Waals surface area (Å²) in [4.78, 5) is 1.57. The van der Waals surface area contributed by atoms with Crippen LogP contribution in [0, 0.1) is 18.8 Å². The van der Waals surface area contributed by atoms with Crippen molar-refractivity contribution in [1.82, 2.24) is 5.32 Å². The van der Waals surface area contributed by atoms with Gasteiger partial charge in [-0.15, -0.1) is 11.3 Å². The Morgan fingerprint density at radius 1 is 1.47 bits per heavy atom. The van der Waals surface area contributed by atoms with Gasteiger partial charge in [-0.05, 0) is 55.2 Å². The molecule has 0 spiro atoms. The molecule has 2 heteroatoms. The Morgan fingerprint density at radius 3 is 2.88 bits per heavy atom. The Kier molecular flexibility index (Phi) is 4.63.